The second-order valence-electron chi connectivity index (χ2n) is 7.23. The molecule has 0 fully saturated rings. The monoisotopic (exact) mass is 415 g/mol. The molecule has 0 heterocycles. The fraction of sp³-hybridized carbons (Fsp3) is 0.318. The normalized spacial score (nSPS) is 12.7. The summed E-state index contributed by atoms with van der Waals surface area (Å²) in [4.78, 5) is 36.6. The number of nitrogens with one attached hydrogen (secondary N) is 2. The number of hydrogen-bond donors (Lipinski definition) is 3. The predicted octanol–water partition coefficient (Wildman–Crippen LogP) is 2.29. The number of carbonyl (C=O) groups excluding carboxylic acids is 3. The van der Waals surface area contributed by atoms with Gasteiger partial charge in [-0.1, -0.05) is 56.3 Å². The molecule has 0 spiro atoms. The van der Waals surface area contributed by atoms with Crippen LogP contribution in [0.5, 0.6) is 0 Å². The van der Waals surface area contributed by atoms with Crippen molar-refractivity contribution in [2.45, 2.75) is 39.0 Å². The largest absolute Gasteiger partial charge is 0.445 e. The molecule has 0 unspecified atom stereocenters. The van der Waals surface area contributed by atoms with Gasteiger partial charge < -0.3 is 21.1 Å². The van der Waals surface area contributed by atoms with Crippen LogP contribution in [-0.2, 0) is 27.4 Å². The first kappa shape index (κ1) is 22.9. The van der Waals surface area contributed by atoms with Crippen molar-refractivity contribution in [3.8, 4) is 0 Å². The molecule has 7 nitrogen and oxygen atoms in total. The Kier molecular flexibility index (Phi) is 8.34. The van der Waals surface area contributed by atoms with Crippen molar-refractivity contribution in [3.63, 3.8) is 0 Å². The van der Waals surface area contributed by atoms with Crippen LogP contribution in [0, 0.1) is 11.7 Å². The Balaban J connectivity index is 1.98. The van der Waals surface area contributed by atoms with Crippen molar-refractivity contribution in [1.29, 1.82) is 0 Å². The van der Waals surface area contributed by atoms with Gasteiger partial charge in [0.05, 0.1) is 0 Å². The van der Waals surface area contributed by atoms with E-state index in [2.05, 4.69) is 10.6 Å². The van der Waals surface area contributed by atoms with Crippen molar-refractivity contribution in [3.05, 3.63) is 71.5 Å². The Morgan fingerprint density at radius 2 is 1.67 bits per heavy atom. The Morgan fingerprint density at radius 1 is 1.00 bits per heavy atom. The molecule has 0 aliphatic rings. The summed E-state index contributed by atoms with van der Waals surface area (Å²) in [5, 5.41) is 5.06. The number of amides is 3. The van der Waals surface area contributed by atoms with Gasteiger partial charge in [0, 0.05) is 6.42 Å². The van der Waals surface area contributed by atoms with Gasteiger partial charge in [-0.05, 0) is 29.2 Å². The number of primary amides is 1. The van der Waals surface area contributed by atoms with Gasteiger partial charge in [-0.2, -0.15) is 0 Å². The zero-order valence-corrected chi connectivity index (χ0v) is 16.9. The van der Waals surface area contributed by atoms with Crippen LogP contribution in [0.25, 0.3) is 0 Å². The molecular formula is C22H26FN3O4. The quantitative estimate of drug-likeness (QED) is 0.584. The van der Waals surface area contributed by atoms with Gasteiger partial charge in [-0.15, -0.1) is 0 Å². The van der Waals surface area contributed by atoms with Crippen LogP contribution in [0.4, 0.5) is 9.18 Å². The molecule has 0 aliphatic heterocycles. The Morgan fingerprint density at radius 3 is 2.27 bits per heavy atom. The lowest BCUT2D eigenvalue weighted by Crippen LogP contribution is -2.55. The molecule has 2 rings (SSSR count). The van der Waals surface area contributed by atoms with Gasteiger partial charge in [-0.3, -0.25) is 9.59 Å². The highest BCUT2D eigenvalue weighted by Gasteiger charge is 2.28. The fourth-order valence-corrected chi connectivity index (χ4v) is 2.81. The van der Waals surface area contributed by atoms with Crippen molar-refractivity contribution in [2.75, 3.05) is 0 Å². The van der Waals surface area contributed by atoms with E-state index < -0.39 is 35.8 Å². The van der Waals surface area contributed by atoms with E-state index in [1.165, 1.54) is 18.2 Å². The van der Waals surface area contributed by atoms with Gasteiger partial charge in [0.25, 0.3) is 0 Å². The van der Waals surface area contributed by atoms with Crippen LogP contribution >= 0.6 is 0 Å². The SMILES string of the molecule is CC(C)[C@@H](NC(=O)OCc1ccccc1)C(=O)N[C@H](Cc1cccc(F)c1)C(N)=O. The van der Waals surface area contributed by atoms with E-state index in [0.29, 0.717) is 5.56 Å². The molecule has 160 valence electrons. The van der Waals surface area contributed by atoms with E-state index in [0.717, 1.165) is 5.56 Å². The summed E-state index contributed by atoms with van der Waals surface area (Å²) >= 11 is 0. The highest BCUT2D eigenvalue weighted by atomic mass is 19.1. The zero-order chi connectivity index (χ0) is 22.1. The summed E-state index contributed by atoms with van der Waals surface area (Å²) in [7, 11) is 0. The number of rotatable bonds is 9. The van der Waals surface area contributed by atoms with E-state index >= 15 is 0 Å². The lowest BCUT2D eigenvalue weighted by atomic mass is 10.0. The minimum atomic E-state index is -1.05. The number of nitrogens with two attached hydrogens (primary N) is 1. The summed E-state index contributed by atoms with van der Waals surface area (Å²) in [6.07, 6.45) is -0.726. The standard InChI is InChI=1S/C22H26FN3O4/c1-14(2)19(26-22(29)30-13-15-7-4-3-5-8-15)21(28)25-18(20(24)27)12-16-9-6-10-17(23)11-16/h3-11,14,18-19H,12-13H2,1-2H3,(H2,24,27)(H,25,28)(H,26,29)/t18-,19-/m1/s1. The van der Waals surface area contributed by atoms with E-state index in [-0.39, 0.29) is 18.9 Å². The summed E-state index contributed by atoms with van der Waals surface area (Å²) in [6, 6.07) is 12.8. The molecule has 3 amide bonds. The molecule has 0 bridgehead atoms. The predicted molar refractivity (Wildman–Crippen MR) is 110 cm³/mol. The minimum absolute atomic E-state index is 0.0299. The molecule has 0 aromatic heterocycles. The maximum atomic E-state index is 13.4. The number of alkyl carbamates (subject to hydrolysis) is 1. The molecule has 30 heavy (non-hydrogen) atoms. The van der Waals surface area contributed by atoms with E-state index in [9.17, 15) is 18.8 Å². The molecule has 0 saturated heterocycles. The third kappa shape index (κ3) is 7.20. The second-order valence-corrected chi connectivity index (χ2v) is 7.23. The molecule has 8 heteroatoms. The van der Waals surface area contributed by atoms with Crippen LogP contribution in [0.15, 0.2) is 54.6 Å². The lowest BCUT2D eigenvalue weighted by Gasteiger charge is -2.24. The van der Waals surface area contributed by atoms with E-state index in [1.54, 1.807) is 19.9 Å². The summed E-state index contributed by atoms with van der Waals surface area (Å²) in [6.45, 7) is 3.55. The molecule has 4 N–H and O–H groups in total. The Hall–Kier alpha value is -3.42. The number of hydrogen-bond acceptors (Lipinski definition) is 4. The molecule has 2 atom stereocenters. The van der Waals surface area contributed by atoms with Crippen LogP contribution in [0.1, 0.15) is 25.0 Å². The molecule has 0 saturated carbocycles. The average molecular weight is 415 g/mol. The van der Waals surface area contributed by atoms with E-state index in [1.807, 2.05) is 30.3 Å². The summed E-state index contributed by atoms with van der Waals surface area (Å²) < 4.78 is 18.5. The van der Waals surface area contributed by atoms with Gasteiger partial charge in [-0.25, -0.2) is 9.18 Å². The minimum Gasteiger partial charge on any atom is -0.445 e. The highest BCUT2D eigenvalue weighted by molar-refractivity contribution is 5.91. The molecular weight excluding hydrogens is 389 g/mol. The summed E-state index contributed by atoms with van der Waals surface area (Å²) in [5.41, 5.74) is 6.72. The lowest BCUT2D eigenvalue weighted by molar-refractivity contribution is -0.129. The highest BCUT2D eigenvalue weighted by Crippen LogP contribution is 2.09. The van der Waals surface area contributed by atoms with Crippen molar-refractivity contribution >= 4 is 17.9 Å². The molecule has 0 radical (unpaired) electrons. The maximum absolute atomic E-state index is 13.4. The average Bonchev–Trinajstić information content (AvgIpc) is 2.70. The molecule has 2 aromatic rings. The topological polar surface area (TPSA) is 111 Å². The van der Waals surface area contributed by atoms with Crippen molar-refractivity contribution < 1.29 is 23.5 Å². The first-order valence-electron chi connectivity index (χ1n) is 9.57. The summed E-state index contributed by atoms with van der Waals surface area (Å²) in [5.74, 6) is -2.08. The first-order chi connectivity index (χ1) is 14.3. The van der Waals surface area contributed by atoms with Crippen LogP contribution in [0.3, 0.4) is 0 Å². The third-order valence-electron chi connectivity index (χ3n) is 4.42. The smallest absolute Gasteiger partial charge is 0.408 e. The van der Waals surface area contributed by atoms with Gasteiger partial charge in [0.1, 0.15) is 24.5 Å². The number of halogens is 1. The van der Waals surface area contributed by atoms with Gasteiger partial charge in [0.2, 0.25) is 11.8 Å². The maximum Gasteiger partial charge on any atom is 0.408 e. The van der Waals surface area contributed by atoms with Crippen LogP contribution < -0.4 is 16.4 Å². The van der Waals surface area contributed by atoms with Crippen LogP contribution in [-0.4, -0.2) is 30.0 Å². The fourth-order valence-electron chi connectivity index (χ4n) is 2.81. The van der Waals surface area contributed by atoms with E-state index in [4.69, 9.17) is 10.5 Å². The number of benzene rings is 2. The van der Waals surface area contributed by atoms with Crippen molar-refractivity contribution in [2.24, 2.45) is 11.7 Å². The number of ether oxygens (including phenoxy) is 1. The van der Waals surface area contributed by atoms with Gasteiger partial charge in [0.15, 0.2) is 0 Å². The van der Waals surface area contributed by atoms with Crippen molar-refractivity contribution in [1.82, 2.24) is 10.6 Å². The molecule has 2 aromatic carbocycles. The Bertz CT molecular complexity index is 874. The van der Waals surface area contributed by atoms with Gasteiger partial charge >= 0.3 is 6.09 Å². The molecule has 0 aliphatic carbocycles. The second kappa shape index (κ2) is 10.9. The zero-order valence-electron chi connectivity index (χ0n) is 16.9. The van der Waals surface area contributed by atoms with Crippen LogP contribution in [0.2, 0.25) is 0 Å². The third-order valence-corrected chi connectivity index (χ3v) is 4.42. The first-order valence-corrected chi connectivity index (χ1v) is 9.57. The number of carbonyl (C=O) groups is 3. The Labute approximate surface area is 174 Å².